The average molecular weight is 371 g/mol. The Labute approximate surface area is 160 Å². The number of para-hydroxylation sites is 1. The van der Waals surface area contributed by atoms with Crippen LogP contribution in [0.1, 0.15) is 5.56 Å². The van der Waals surface area contributed by atoms with E-state index >= 15 is 0 Å². The summed E-state index contributed by atoms with van der Waals surface area (Å²) in [5, 5.41) is 6.87. The van der Waals surface area contributed by atoms with Crippen molar-refractivity contribution in [3.05, 3.63) is 88.7 Å². The van der Waals surface area contributed by atoms with Crippen molar-refractivity contribution in [2.75, 3.05) is 6.61 Å². The van der Waals surface area contributed by atoms with Crippen LogP contribution in [0.4, 0.5) is 0 Å². The Morgan fingerprint density at radius 2 is 1.71 bits per heavy atom. The number of aromatic amines is 1. The summed E-state index contributed by atoms with van der Waals surface area (Å²) in [6.45, 7) is -0.177. The van der Waals surface area contributed by atoms with Gasteiger partial charge >= 0.3 is 0 Å². The van der Waals surface area contributed by atoms with Gasteiger partial charge in [-0.05, 0) is 40.4 Å². The molecule has 1 aromatic heterocycles. The smallest absolute Gasteiger partial charge is 0.277 e. The molecule has 6 heteroatoms. The Balaban J connectivity index is 1.37. The highest BCUT2D eigenvalue weighted by Gasteiger charge is 2.04. The fourth-order valence-electron chi connectivity index (χ4n) is 2.87. The molecule has 0 radical (unpaired) electrons. The van der Waals surface area contributed by atoms with Gasteiger partial charge in [-0.1, -0.05) is 48.5 Å². The van der Waals surface area contributed by atoms with Crippen molar-refractivity contribution in [2.45, 2.75) is 0 Å². The summed E-state index contributed by atoms with van der Waals surface area (Å²) in [6.07, 6.45) is 1.32. The van der Waals surface area contributed by atoms with E-state index in [1.165, 1.54) is 6.21 Å². The predicted octanol–water partition coefficient (Wildman–Crippen LogP) is 3.21. The van der Waals surface area contributed by atoms with Gasteiger partial charge < -0.3 is 9.72 Å². The summed E-state index contributed by atoms with van der Waals surface area (Å²) in [6, 6.07) is 22.7. The lowest BCUT2D eigenvalue weighted by Crippen LogP contribution is -2.25. The molecule has 1 heterocycles. The molecule has 6 nitrogen and oxygen atoms in total. The van der Waals surface area contributed by atoms with E-state index in [2.05, 4.69) is 15.5 Å². The third kappa shape index (κ3) is 3.91. The van der Waals surface area contributed by atoms with Gasteiger partial charge in [0.05, 0.1) is 11.8 Å². The number of carbonyl (C=O) groups is 1. The van der Waals surface area contributed by atoms with Gasteiger partial charge in [-0.25, -0.2) is 5.43 Å². The lowest BCUT2D eigenvalue weighted by atomic mass is 10.1. The van der Waals surface area contributed by atoms with E-state index in [1.54, 1.807) is 6.07 Å². The lowest BCUT2D eigenvalue weighted by molar-refractivity contribution is -0.123. The van der Waals surface area contributed by atoms with Gasteiger partial charge in [0, 0.05) is 5.52 Å². The fraction of sp³-hybridized carbons (Fsp3) is 0.0455. The zero-order valence-electron chi connectivity index (χ0n) is 14.9. The summed E-state index contributed by atoms with van der Waals surface area (Å²) in [7, 11) is 0. The number of rotatable bonds is 5. The second kappa shape index (κ2) is 7.75. The molecule has 0 aliphatic carbocycles. The maximum atomic E-state index is 12.0. The number of hydrazone groups is 1. The number of hydrogen-bond acceptors (Lipinski definition) is 4. The van der Waals surface area contributed by atoms with Crippen LogP contribution in [-0.2, 0) is 4.79 Å². The van der Waals surface area contributed by atoms with Crippen LogP contribution in [0.3, 0.4) is 0 Å². The minimum absolute atomic E-state index is 0.177. The summed E-state index contributed by atoms with van der Waals surface area (Å²) >= 11 is 0. The highest BCUT2D eigenvalue weighted by atomic mass is 16.5. The number of H-pyrrole nitrogens is 1. The number of pyridine rings is 1. The van der Waals surface area contributed by atoms with Crippen LogP contribution >= 0.6 is 0 Å². The van der Waals surface area contributed by atoms with Crippen LogP contribution in [-0.4, -0.2) is 23.7 Å². The monoisotopic (exact) mass is 371 g/mol. The molecule has 3 aromatic carbocycles. The van der Waals surface area contributed by atoms with Crippen LogP contribution in [0.25, 0.3) is 21.7 Å². The molecule has 1 amide bonds. The number of hydrogen-bond donors (Lipinski definition) is 2. The van der Waals surface area contributed by atoms with Gasteiger partial charge in [-0.3, -0.25) is 9.59 Å². The van der Waals surface area contributed by atoms with Gasteiger partial charge in [-0.2, -0.15) is 5.10 Å². The van der Waals surface area contributed by atoms with E-state index < -0.39 is 5.91 Å². The molecule has 0 spiro atoms. The molecular weight excluding hydrogens is 354 g/mol. The highest BCUT2D eigenvalue weighted by Crippen LogP contribution is 2.20. The molecule has 0 fully saturated rings. The molecule has 4 rings (SSSR count). The first-order valence-electron chi connectivity index (χ1n) is 8.75. The molecular formula is C22H17N3O3. The van der Waals surface area contributed by atoms with E-state index in [1.807, 2.05) is 66.7 Å². The molecule has 2 N–H and O–H groups in total. The SMILES string of the molecule is O=C(COc1ccc2ccccc2c1)N/N=C\c1cc2ccccc2[nH]c1=O. The molecule has 0 bridgehead atoms. The minimum Gasteiger partial charge on any atom is -0.484 e. The molecule has 4 aromatic rings. The first-order valence-corrected chi connectivity index (χ1v) is 8.75. The average Bonchev–Trinajstić information content (AvgIpc) is 2.72. The molecule has 138 valence electrons. The van der Waals surface area contributed by atoms with Crippen molar-refractivity contribution >= 4 is 33.8 Å². The van der Waals surface area contributed by atoms with Crippen molar-refractivity contribution in [3.63, 3.8) is 0 Å². The van der Waals surface area contributed by atoms with Gasteiger partial charge in [0.25, 0.3) is 11.5 Å². The number of nitrogens with zero attached hydrogens (tertiary/aromatic N) is 1. The first kappa shape index (κ1) is 17.5. The summed E-state index contributed by atoms with van der Waals surface area (Å²) in [5.41, 5.74) is 3.20. The largest absolute Gasteiger partial charge is 0.484 e. The lowest BCUT2D eigenvalue weighted by Gasteiger charge is -2.06. The second-order valence-corrected chi connectivity index (χ2v) is 6.23. The number of amides is 1. The molecule has 0 saturated heterocycles. The van der Waals surface area contributed by atoms with E-state index in [-0.39, 0.29) is 12.2 Å². The highest BCUT2D eigenvalue weighted by molar-refractivity contribution is 5.88. The van der Waals surface area contributed by atoms with E-state index in [0.29, 0.717) is 11.3 Å². The number of carbonyl (C=O) groups excluding carboxylic acids is 1. The predicted molar refractivity (Wildman–Crippen MR) is 110 cm³/mol. The van der Waals surface area contributed by atoms with Crippen molar-refractivity contribution in [1.82, 2.24) is 10.4 Å². The summed E-state index contributed by atoms with van der Waals surface area (Å²) in [4.78, 5) is 26.7. The maximum Gasteiger partial charge on any atom is 0.277 e. The Hall–Kier alpha value is -3.93. The topological polar surface area (TPSA) is 83.5 Å². The second-order valence-electron chi connectivity index (χ2n) is 6.23. The molecule has 0 atom stereocenters. The van der Waals surface area contributed by atoms with Crippen molar-refractivity contribution < 1.29 is 9.53 Å². The summed E-state index contributed by atoms with van der Waals surface area (Å²) < 4.78 is 5.51. The standard InChI is InChI=1S/C22H17N3O3/c26-21(14-28-19-10-9-15-5-1-2-6-16(15)12-19)25-23-13-18-11-17-7-3-4-8-20(17)24-22(18)27/h1-13H,14H2,(H,24,27)(H,25,26)/b23-13-. The van der Waals surface area contributed by atoms with E-state index in [9.17, 15) is 9.59 Å². The minimum atomic E-state index is -0.415. The van der Waals surface area contributed by atoms with E-state index in [0.717, 1.165) is 21.7 Å². The zero-order valence-corrected chi connectivity index (χ0v) is 14.9. The fourth-order valence-corrected chi connectivity index (χ4v) is 2.87. The molecule has 0 aliphatic heterocycles. The summed E-state index contributed by atoms with van der Waals surface area (Å²) in [5.74, 6) is 0.186. The van der Waals surface area contributed by atoms with Crippen LogP contribution in [0.5, 0.6) is 5.75 Å². The number of nitrogens with one attached hydrogen (secondary N) is 2. The Morgan fingerprint density at radius 1 is 0.964 bits per heavy atom. The van der Waals surface area contributed by atoms with Gasteiger partial charge in [0.15, 0.2) is 6.61 Å². The van der Waals surface area contributed by atoms with Crippen molar-refractivity contribution in [1.29, 1.82) is 0 Å². The quantitative estimate of drug-likeness (QED) is 0.417. The van der Waals surface area contributed by atoms with Crippen LogP contribution < -0.4 is 15.7 Å². The number of fused-ring (bicyclic) bond motifs is 2. The van der Waals surface area contributed by atoms with Crippen LogP contribution in [0.15, 0.2) is 82.7 Å². The Bertz CT molecular complexity index is 1240. The van der Waals surface area contributed by atoms with Crippen molar-refractivity contribution in [2.24, 2.45) is 5.10 Å². The molecule has 0 saturated carbocycles. The number of ether oxygens (including phenoxy) is 1. The normalized spacial score (nSPS) is 11.1. The molecule has 0 aliphatic rings. The van der Waals surface area contributed by atoms with Crippen LogP contribution in [0, 0.1) is 0 Å². The maximum absolute atomic E-state index is 12.0. The van der Waals surface area contributed by atoms with E-state index in [4.69, 9.17) is 4.74 Å². The van der Waals surface area contributed by atoms with Gasteiger partial charge in [0.2, 0.25) is 0 Å². The molecule has 28 heavy (non-hydrogen) atoms. The van der Waals surface area contributed by atoms with Gasteiger partial charge in [0.1, 0.15) is 5.75 Å². The molecule has 0 unspecified atom stereocenters. The Kier molecular flexibility index (Phi) is 4.84. The third-order valence-corrected chi connectivity index (χ3v) is 4.27. The number of benzene rings is 3. The van der Waals surface area contributed by atoms with Crippen LogP contribution in [0.2, 0.25) is 0 Å². The third-order valence-electron chi connectivity index (χ3n) is 4.27. The number of aromatic nitrogens is 1. The Morgan fingerprint density at radius 3 is 2.57 bits per heavy atom. The van der Waals surface area contributed by atoms with Gasteiger partial charge in [-0.15, -0.1) is 0 Å². The zero-order chi connectivity index (χ0) is 19.3. The van der Waals surface area contributed by atoms with Crippen molar-refractivity contribution in [3.8, 4) is 5.75 Å². The first-order chi connectivity index (χ1) is 13.7.